The van der Waals surface area contributed by atoms with Crippen LogP contribution in [0.15, 0.2) is 18.7 Å². The zero-order valence-corrected chi connectivity index (χ0v) is 10.5. The first kappa shape index (κ1) is 12.6. The lowest BCUT2D eigenvalue weighted by Crippen LogP contribution is -1.94. The normalized spacial score (nSPS) is 10.7. The molecule has 0 saturated carbocycles. The molecule has 2 nitrogen and oxygen atoms in total. The van der Waals surface area contributed by atoms with Gasteiger partial charge in [-0.1, -0.05) is 25.7 Å². The number of hydrogen-bond acceptors (Lipinski definition) is 2. The van der Waals surface area contributed by atoms with Crippen molar-refractivity contribution < 1.29 is 0 Å². The average molecular weight is 226 g/mol. The van der Waals surface area contributed by atoms with E-state index in [1.807, 2.05) is 30.5 Å². The molecule has 0 unspecified atom stereocenters. The molecule has 86 valence electrons. The Morgan fingerprint density at radius 2 is 1.80 bits per heavy atom. The van der Waals surface area contributed by atoms with Crippen molar-refractivity contribution in [3.05, 3.63) is 18.7 Å². The van der Waals surface area contributed by atoms with E-state index >= 15 is 0 Å². The van der Waals surface area contributed by atoms with Gasteiger partial charge in [0.2, 0.25) is 0 Å². The number of thioether (sulfide) groups is 1. The monoisotopic (exact) mass is 226 g/mol. The van der Waals surface area contributed by atoms with Gasteiger partial charge in [0.25, 0.3) is 0 Å². The fourth-order valence-electron chi connectivity index (χ4n) is 1.67. The molecule has 0 saturated heterocycles. The lowest BCUT2D eigenvalue weighted by molar-refractivity contribution is 0.558. The van der Waals surface area contributed by atoms with Gasteiger partial charge in [0.05, 0.1) is 6.33 Å². The number of nitrogens with zero attached hydrogens (tertiary/aromatic N) is 2. The van der Waals surface area contributed by atoms with Crippen molar-refractivity contribution in [3.63, 3.8) is 0 Å². The van der Waals surface area contributed by atoms with Crippen LogP contribution in [-0.2, 0) is 6.54 Å². The van der Waals surface area contributed by atoms with Crippen molar-refractivity contribution in [1.29, 1.82) is 0 Å². The second-order valence-electron chi connectivity index (χ2n) is 3.91. The van der Waals surface area contributed by atoms with E-state index in [0.717, 1.165) is 6.54 Å². The maximum absolute atomic E-state index is 4.03. The lowest BCUT2D eigenvalue weighted by Gasteiger charge is -2.02. The average Bonchev–Trinajstić information content (AvgIpc) is 2.75. The molecule has 0 amide bonds. The molecule has 0 fully saturated rings. The van der Waals surface area contributed by atoms with Crippen LogP contribution in [-0.4, -0.2) is 21.6 Å². The van der Waals surface area contributed by atoms with Gasteiger partial charge in [0.15, 0.2) is 0 Å². The van der Waals surface area contributed by atoms with Crippen LogP contribution >= 0.6 is 11.8 Å². The summed E-state index contributed by atoms with van der Waals surface area (Å²) in [5.74, 6) is 1.33. The molecule has 0 radical (unpaired) electrons. The summed E-state index contributed by atoms with van der Waals surface area (Å²) in [6, 6.07) is 0. The van der Waals surface area contributed by atoms with E-state index in [9.17, 15) is 0 Å². The summed E-state index contributed by atoms with van der Waals surface area (Å²) in [5, 5.41) is 0. The standard InChI is InChI=1S/C12H22N2S/c1-15-11-7-5-3-2-4-6-9-14-10-8-13-12-14/h8,10,12H,2-7,9,11H2,1H3. The van der Waals surface area contributed by atoms with Crippen LogP contribution < -0.4 is 0 Å². The number of rotatable bonds is 9. The topological polar surface area (TPSA) is 17.8 Å². The van der Waals surface area contributed by atoms with Crippen LogP contribution in [0.2, 0.25) is 0 Å². The Morgan fingerprint density at radius 1 is 1.07 bits per heavy atom. The van der Waals surface area contributed by atoms with Gasteiger partial charge in [0.1, 0.15) is 0 Å². The first-order valence-corrected chi connectivity index (χ1v) is 7.27. The molecule has 0 N–H and O–H groups in total. The summed E-state index contributed by atoms with van der Waals surface area (Å²) in [5.41, 5.74) is 0. The number of aryl methyl sites for hydroxylation is 1. The summed E-state index contributed by atoms with van der Waals surface area (Å²) < 4.78 is 2.16. The summed E-state index contributed by atoms with van der Waals surface area (Å²) in [7, 11) is 0. The molecule has 1 aromatic rings. The van der Waals surface area contributed by atoms with E-state index in [4.69, 9.17) is 0 Å². The van der Waals surface area contributed by atoms with Gasteiger partial charge in [-0.05, 0) is 24.9 Å². The van der Waals surface area contributed by atoms with Gasteiger partial charge in [0, 0.05) is 18.9 Å². The third-order valence-electron chi connectivity index (χ3n) is 2.57. The van der Waals surface area contributed by atoms with Crippen molar-refractivity contribution in [2.24, 2.45) is 0 Å². The molecule has 0 aromatic carbocycles. The molecular formula is C12H22N2S. The van der Waals surface area contributed by atoms with E-state index in [1.165, 1.54) is 44.3 Å². The van der Waals surface area contributed by atoms with E-state index in [-0.39, 0.29) is 0 Å². The van der Waals surface area contributed by atoms with E-state index < -0.39 is 0 Å². The Labute approximate surface area is 97.5 Å². The minimum atomic E-state index is 1.13. The largest absolute Gasteiger partial charge is 0.337 e. The molecule has 0 spiro atoms. The molecular weight excluding hydrogens is 204 g/mol. The highest BCUT2D eigenvalue weighted by molar-refractivity contribution is 7.98. The molecule has 0 aliphatic heterocycles. The quantitative estimate of drug-likeness (QED) is 0.599. The number of imidazole rings is 1. The first-order chi connectivity index (χ1) is 7.43. The maximum atomic E-state index is 4.03. The van der Waals surface area contributed by atoms with Crippen molar-refractivity contribution >= 4 is 11.8 Å². The highest BCUT2D eigenvalue weighted by Gasteiger charge is 1.92. The zero-order valence-electron chi connectivity index (χ0n) is 9.69. The minimum Gasteiger partial charge on any atom is -0.337 e. The predicted molar refractivity (Wildman–Crippen MR) is 68.3 cm³/mol. The molecule has 3 heteroatoms. The van der Waals surface area contributed by atoms with Crippen molar-refractivity contribution in [1.82, 2.24) is 9.55 Å². The smallest absolute Gasteiger partial charge is 0.0945 e. The molecule has 0 aliphatic carbocycles. The predicted octanol–water partition coefficient (Wildman–Crippen LogP) is 3.59. The molecule has 0 bridgehead atoms. The zero-order chi connectivity index (χ0) is 10.8. The van der Waals surface area contributed by atoms with Crippen LogP contribution in [0.3, 0.4) is 0 Å². The van der Waals surface area contributed by atoms with E-state index in [0.29, 0.717) is 0 Å². The van der Waals surface area contributed by atoms with Gasteiger partial charge in [-0.15, -0.1) is 0 Å². The van der Waals surface area contributed by atoms with Gasteiger partial charge in [-0.25, -0.2) is 4.98 Å². The van der Waals surface area contributed by atoms with Gasteiger partial charge < -0.3 is 4.57 Å². The van der Waals surface area contributed by atoms with Crippen molar-refractivity contribution in [2.75, 3.05) is 12.0 Å². The number of unbranched alkanes of at least 4 members (excludes halogenated alkanes) is 5. The van der Waals surface area contributed by atoms with Crippen molar-refractivity contribution in [2.45, 2.75) is 45.1 Å². The van der Waals surface area contributed by atoms with Crippen LogP contribution in [0, 0.1) is 0 Å². The third kappa shape index (κ3) is 6.61. The number of aromatic nitrogens is 2. The molecule has 1 aromatic heterocycles. The SMILES string of the molecule is CSCCCCCCCCn1ccnc1. The van der Waals surface area contributed by atoms with Gasteiger partial charge >= 0.3 is 0 Å². The molecule has 0 atom stereocenters. The van der Waals surface area contributed by atoms with Crippen LogP contribution in [0.25, 0.3) is 0 Å². The maximum Gasteiger partial charge on any atom is 0.0945 e. The van der Waals surface area contributed by atoms with Crippen LogP contribution in [0.4, 0.5) is 0 Å². The Balaban J connectivity index is 1.81. The summed E-state index contributed by atoms with van der Waals surface area (Å²) in [6.07, 6.45) is 16.2. The number of hydrogen-bond donors (Lipinski definition) is 0. The lowest BCUT2D eigenvalue weighted by atomic mass is 10.1. The third-order valence-corrected chi connectivity index (χ3v) is 3.27. The highest BCUT2D eigenvalue weighted by atomic mass is 32.2. The summed E-state index contributed by atoms with van der Waals surface area (Å²) in [6.45, 7) is 1.13. The van der Waals surface area contributed by atoms with E-state index in [2.05, 4.69) is 15.8 Å². The fourth-order valence-corrected chi connectivity index (χ4v) is 2.16. The molecule has 1 heterocycles. The Kier molecular flexibility index (Phi) is 7.44. The van der Waals surface area contributed by atoms with Crippen LogP contribution in [0.5, 0.6) is 0 Å². The molecule has 1 rings (SSSR count). The Hall–Kier alpha value is -0.440. The van der Waals surface area contributed by atoms with Gasteiger partial charge in [-0.2, -0.15) is 11.8 Å². The Bertz CT molecular complexity index is 222. The van der Waals surface area contributed by atoms with Crippen molar-refractivity contribution in [3.8, 4) is 0 Å². The minimum absolute atomic E-state index is 1.13. The second kappa shape index (κ2) is 8.84. The second-order valence-corrected chi connectivity index (χ2v) is 4.90. The van der Waals surface area contributed by atoms with Crippen LogP contribution in [0.1, 0.15) is 38.5 Å². The first-order valence-electron chi connectivity index (χ1n) is 5.88. The highest BCUT2D eigenvalue weighted by Crippen LogP contribution is 2.08. The Morgan fingerprint density at radius 3 is 2.47 bits per heavy atom. The fraction of sp³-hybridized carbons (Fsp3) is 0.750. The molecule has 15 heavy (non-hydrogen) atoms. The van der Waals surface area contributed by atoms with Gasteiger partial charge in [-0.3, -0.25) is 0 Å². The van der Waals surface area contributed by atoms with E-state index in [1.54, 1.807) is 0 Å². The molecule has 0 aliphatic rings. The summed E-state index contributed by atoms with van der Waals surface area (Å²) in [4.78, 5) is 4.03. The summed E-state index contributed by atoms with van der Waals surface area (Å²) >= 11 is 1.96.